The van der Waals surface area contributed by atoms with E-state index in [1.165, 1.54) is 6.33 Å². The molecule has 0 aliphatic rings. The number of amides is 2. The van der Waals surface area contributed by atoms with Gasteiger partial charge in [0.15, 0.2) is 0 Å². The number of hydrogen-bond donors (Lipinski definition) is 4. The largest absolute Gasteiger partial charge is 0.437 e. The van der Waals surface area contributed by atoms with E-state index in [1.807, 2.05) is 103 Å². The second kappa shape index (κ2) is 12.6. The number of carbonyl (C=O) groups excluding carboxylic acids is 1. The van der Waals surface area contributed by atoms with Crippen LogP contribution in [0.1, 0.15) is 5.56 Å². The van der Waals surface area contributed by atoms with Crippen molar-refractivity contribution in [2.45, 2.75) is 6.42 Å². The number of aromatic nitrogens is 4. The highest BCUT2D eigenvalue weighted by Gasteiger charge is 2.21. The van der Waals surface area contributed by atoms with E-state index in [0.29, 0.717) is 29.6 Å². The smallest absolute Gasteiger partial charge is 0.324 e. The summed E-state index contributed by atoms with van der Waals surface area (Å²) in [6.45, 7) is 0.642. The molecule has 4 N–H and O–H groups in total. The zero-order chi connectivity index (χ0) is 30.4. The Morgan fingerprint density at radius 1 is 0.733 bits per heavy atom. The summed E-state index contributed by atoms with van der Waals surface area (Å²) in [5.41, 5.74) is 7.02. The second-order valence-corrected chi connectivity index (χ2v) is 10.4. The fourth-order valence-electron chi connectivity index (χ4n) is 5.25. The Morgan fingerprint density at radius 2 is 1.40 bits per heavy atom. The maximum atomic E-state index is 12.6. The molecular formula is C36H29N7O2. The molecule has 0 spiro atoms. The molecule has 0 saturated carbocycles. The molecule has 0 radical (unpaired) electrons. The van der Waals surface area contributed by atoms with Crippen molar-refractivity contribution in [3.63, 3.8) is 0 Å². The SMILES string of the molecule is O=C(Nc1ccc(CCNc2ncnc3oc(-c4ccccc4)c(-c4ccccc4)c23)cc1)Nc1cc(-c2ccccc2)n[nH]1. The summed E-state index contributed by atoms with van der Waals surface area (Å²) in [6.07, 6.45) is 2.27. The number of carbonyl (C=O) groups is 1. The maximum Gasteiger partial charge on any atom is 0.324 e. The Morgan fingerprint density at radius 3 is 2.11 bits per heavy atom. The van der Waals surface area contributed by atoms with Crippen molar-refractivity contribution in [2.24, 2.45) is 0 Å². The number of benzene rings is 4. The summed E-state index contributed by atoms with van der Waals surface area (Å²) >= 11 is 0. The van der Waals surface area contributed by atoms with Gasteiger partial charge in [-0.25, -0.2) is 14.8 Å². The number of nitrogens with zero attached hydrogens (tertiary/aromatic N) is 3. The number of hydrogen-bond acceptors (Lipinski definition) is 6. The zero-order valence-electron chi connectivity index (χ0n) is 24.2. The van der Waals surface area contributed by atoms with Crippen LogP contribution in [0.3, 0.4) is 0 Å². The fraction of sp³-hybridized carbons (Fsp3) is 0.0556. The quantitative estimate of drug-likeness (QED) is 0.134. The molecule has 4 aromatic carbocycles. The molecule has 2 amide bonds. The van der Waals surface area contributed by atoms with Crippen LogP contribution in [0, 0.1) is 0 Å². The molecule has 0 unspecified atom stereocenters. The molecule has 3 aromatic heterocycles. The topological polar surface area (TPSA) is 121 Å². The lowest BCUT2D eigenvalue weighted by Gasteiger charge is -2.10. The molecule has 220 valence electrons. The fourth-order valence-corrected chi connectivity index (χ4v) is 5.25. The van der Waals surface area contributed by atoms with Gasteiger partial charge in [-0.15, -0.1) is 0 Å². The van der Waals surface area contributed by atoms with Gasteiger partial charge in [0.1, 0.15) is 23.7 Å². The normalized spacial score (nSPS) is 10.9. The monoisotopic (exact) mass is 591 g/mol. The molecular weight excluding hydrogens is 562 g/mol. The van der Waals surface area contributed by atoms with Crippen LogP contribution >= 0.6 is 0 Å². The molecule has 0 fully saturated rings. The van der Waals surface area contributed by atoms with Crippen LogP contribution in [0.4, 0.5) is 22.1 Å². The van der Waals surface area contributed by atoms with Gasteiger partial charge in [0.2, 0.25) is 5.71 Å². The van der Waals surface area contributed by atoms with Crippen molar-refractivity contribution in [3.05, 3.63) is 133 Å². The van der Waals surface area contributed by atoms with Gasteiger partial charge in [0, 0.05) is 35.0 Å². The highest BCUT2D eigenvalue weighted by atomic mass is 16.3. The minimum Gasteiger partial charge on any atom is -0.437 e. The number of rotatable bonds is 9. The van der Waals surface area contributed by atoms with Gasteiger partial charge in [-0.05, 0) is 29.7 Å². The minimum absolute atomic E-state index is 0.357. The Hall–Kier alpha value is -6.22. The van der Waals surface area contributed by atoms with Crippen LogP contribution in [0.2, 0.25) is 0 Å². The van der Waals surface area contributed by atoms with E-state index in [2.05, 4.69) is 48.2 Å². The van der Waals surface area contributed by atoms with Gasteiger partial charge in [-0.3, -0.25) is 10.4 Å². The van der Waals surface area contributed by atoms with Crippen LogP contribution in [-0.2, 0) is 6.42 Å². The standard InChI is InChI=1S/C36H29N7O2/c44-36(41-30-22-29(42-43-30)25-10-4-1-5-11-25)40-28-18-16-24(17-19-28)20-21-37-34-32-31(26-12-6-2-7-13-26)33(27-14-8-3-9-15-27)45-35(32)39-23-38-34/h1-19,22-23H,20-21H2,(H,37,38,39)(H3,40,41,42,43,44). The van der Waals surface area contributed by atoms with Crippen LogP contribution in [0.25, 0.3) is 44.8 Å². The number of anilines is 3. The van der Waals surface area contributed by atoms with E-state index >= 15 is 0 Å². The Balaban J connectivity index is 1.01. The lowest BCUT2D eigenvalue weighted by atomic mass is 9.99. The molecule has 45 heavy (non-hydrogen) atoms. The summed E-state index contributed by atoms with van der Waals surface area (Å²) in [4.78, 5) is 21.6. The Bertz CT molecular complexity index is 2040. The third-order valence-corrected chi connectivity index (χ3v) is 7.40. The molecule has 0 saturated heterocycles. The average Bonchev–Trinajstić information content (AvgIpc) is 3.72. The number of furan rings is 1. The highest BCUT2D eigenvalue weighted by Crippen LogP contribution is 2.42. The van der Waals surface area contributed by atoms with E-state index in [4.69, 9.17) is 4.42 Å². The molecule has 7 aromatic rings. The summed E-state index contributed by atoms with van der Waals surface area (Å²) in [5, 5.41) is 17.1. The van der Waals surface area contributed by atoms with Crippen LogP contribution in [0.5, 0.6) is 0 Å². The molecule has 9 nitrogen and oxygen atoms in total. The third kappa shape index (κ3) is 6.14. The van der Waals surface area contributed by atoms with E-state index in [9.17, 15) is 4.79 Å². The number of fused-ring (bicyclic) bond motifs is 1. The van der Waals surface area contributed by atoms with E-state index in [1.54, 1.807) is 6.07 Å². The first kappa shape index (κ1) is 27.6. The Labute approximate surface area is 259 Å². The maximum absolute atomic E-state index is 12.6. The van der Waals surface area contributed by atoms with E-state index < -0.39 is 0 Å². The van der Waals surface area contributed by atoms with Gasteiger partial charge in [0.25, 0.3) is 0 Å². The first-order valence-electron chi connectivity index (χ1n) is 14.6. The third-order valence-electron chi connectivity index (χ3n) is 7.40. The van der Waals surface area contributed by atoms with Crippen molar-refractivity contribution in [1.29, 1.82) is 0 Å². The minimum atomic E-state index is -0.357. The van der Waals surface area contributed by atoms with Gasteiger partial charge in [-0.2, -0.15) is 5.10 Å². The predicted molar refractivity (Wildman–Crippen MR) is 178 cm³/mol. The van der Waals surface area contributed by atoms with Crippen molar-refractivity contribution in [3.8, 4) is 33.7 Å². The number of H-pyrrole nitrogens is 1. The molecule has 7 rings (SSSR count). The van der Waals surface area contributed by atoms with Gasteiger partial charge in [-0.1, -0.05) is 103 Å². The molecule has 3 heterocycles. The van der Waals surface area contributed by atoms with Gasteiger partial charge < -0.3 is 15.1 Å². The summed E-state index contributed by atoms with van der Waals surface area (Å²) in [7, 11) is 0. The lowest BCUT2D eigenvalue weighted by Crippen LogP contribution is -2.19. The molecule has 9 heteroatoms. The first-order chi connectivity index (χ1) is 22.2. The second-order valence-electron chi connectivity index (χ2n) is 10.4. The number of aromatic amines is 1. The number of nitrogens with one attached hydrogen (secondary N) is 4. The van der Waals surface area contributed by atoms with Crippen molar-refractivity contribution >= 4 is 34.5 Å². The summed E-state index contributed by atoms with van der Waals surface area (Å²) < 4.78 is 6.31. The summed E-state index contributed by atoms with van der Waals surface area (Å²) in [6, 6.07) is 39.2. The molecule has 0 atom stereocenters. The highest BCUT2D eigenvalue weighted by molar-refractivity contribution is 6.05. The van der Waals surface area contributed by atoms with Crippen molar-refractivity contribution in [2.75, 3.05) is 22.5 Å². The summed E-state index contributed by atoms with van der Waals surface area (Å²) in [5.74, 6) is 1.99. The molecule has 0 aliphatic heterocycles. The van der Waals surface area contributed by atoms with E-state index in [-0.39, 0.29) is 6.03 Å². The van der Waals surface area contributed by atoms with Crippen molar-refractivity contribution in [1.82, 2.24) is 20.2 Å². The predicted octanol–water partition coefficient (Wildman–Crippen LogP) is 8.25. The average molecular weight is 592 g/mol. The van der Waals surface area contributed by atoms with Crippen LogP contribution in [0.15, 0.2) is 132 Å². The van der Waals surface area contributed by atoms with Crippen LogP contribution < -0.4 is 16.0 Å². The van der Waals surface area contributed by atoms with E-state index in [0.717, 1.165) is 51.1 Å². The molecule has 0 aliphatic carbocycles. The zero-order valence-corrected chi connectivity index (χ0v) is 24.2. The van der Waals surface area contributed by atoms with Crippen LogP contribution in [-0.4, -0.2) is 32.7 Å². The molecule has 0 bridgehead atoms. The lowest BCUT2D eigenvalue weighted by molar-refractivity contribution is 0.262. The first-order valence-corrected chi connectivity index (χ1v) is 14.6. The number of urea groups is 1. The van der Waals surface area contributed by atoms with Gasteiger partial charge in [0.05, 0.1) is 11.1 Å². The van der Waals surface area contributed by atoms with Gasteiger partial charge >= 0.3 is 6.03 Å². The van der Waals surface area contributed by atoms with Crippen molar-refractivity contribution < 1.29 is 9.21 Å². The Kier molecular flexibility index (Phi) is 7.71.